The van der Waals surface area contributed by atoms with Crippen molar-refractivity contribution in [2.75, 3.05) is 7.05 Å². The average molecular weight is 123 g/mol. The zero-order valence-corrected chi connectivity index (χ0v) is 5.63. The van der Waals surface area contributed by atoms with Crippen molar-refractivity contribution in [1.82, 2.24) is 0 Å². The van der Waals surface area contributed by atoms with E-state index >= 15 is 0 Å². The van der Waals surface area contributed by atoms with Crippen LogP contribution >= 0.6 is 0 Å². The van der Waals surface area contributed by atoms with E-state index in [4.69, 9.17) is 0 Å². The zero-order chi connectivity index (χ0) is 7.11. The lowest BCUT2D eigenvalue weighted by Gasteiger charge is -1.80. The molecule has 0 radical (unpaired) electrons. The summed E-state index contributed by atoms with van der Waals surface area (Å²) in [7, 11) is 1.61. The molecular weight excluding hydrogens is 114 g/mol. The van der Waals surface area contributed by atoms with Crippen LogP contribution in [0.5, 0.6) is 0 Å². The van der Waals surface area contributed by atoms with Gasteiger partial charge in [0.2, 0.25) is 5.82 Å². The Balaban J connectivity index is 4.34. The van der Waals surface area contributed by atoms with Crippen molar-refractivity contribution in [3.63, 3.8) is 0 Å². The van der Waals surface area contributed by atoms with Crippen LogP contribution in [-0.2, 0) is 0 Å². The smallest absolute Gasteiger partial charge is 0.214 e. The average Bonchev–Trinajstić information content (AvgIpc) is 1.88. The molecule has 0 heterocycles. The van der Waals surface area contributed by atoms with Crippen LogP contribution in [0.4, 0.5) is 0 Å². The van der Waals surface area contributed by atoms with E-state index in [1.54, 1.807) is 20.2 Å². The van der Waals surface area contributed by atoms with Crippen molar-refractivity contribution < 1.29 is 0 Å². The minimum absolute atomic E-state index is 0.417. The molecule has 0 amide bonds. The highest BCUT2D eigenvalue weighted by Gasteiger charge is 1.78. The molecule has 0 aromatic heterocycles. The summed E-state index contributed by atoms with van der Waals surface area (Å²) in [6.45, 7) is 5.07. The van der Waals surface area contributed by atoms with Gasteiger partial charge in [-0.2, -0.15) is 0 Å². The highest BCUT2D eigenvalue weighted by molar-refractivity contribution is 5.64. The van der Waals surface area contributed by atoms with Gasteiger partial charge in [-0.25, -0.2) is 15.0 Å². The van der Waals surface area contributed by atoms with E-state index in [-0.39, 0.29) is 0 Å². The second-order valence-corrected chi connectivity index (χ2v) is 1.20. The Bertz CT molecular complexity index is 173. The summed E-state index contributed by atoms with van der Waals surface area (Å²) in [5.41, 5.74) is 0. The first-order valence-corrected chi connectivity index (χ1v) is 2.52. The lowest BCUT2D eigenvalue weighted by Crippen LogP contribution is -1.72. The van der Waals surface area contributed by atoms with Gasteiger partial charge in [-0.15, -0.1) is 0 Å². The summed E-state index contributed by atoms with van der Waals surface area (Å²) in [4.78, 5) is 10.9. The number of hydrogen-bond acceptors (Lipinski definition) is 3. The first kappa shape index (κ1) is 7.79. The fourth-order valence-electron chi connectivity index (χ4n) is 0.327. The van der Waals surface area contributed by atoms with Crippen LogP contribution in [0.3, 0.4) is 0 Å². The quantitative estimate of drug-likeness (QED) is 0.490. The van der Waals surface area contributed by atoms with Crippen LogP contribution < -0.4 is 0 Å². The Hall–Kier alpha value is -1.21. The van der Waals surface area contributed by atoms with Crippen LogP contribution in [0.1, 0.15) is 6.92 Å². The molecule has 0 bridgehead atoms. The van der Waals surface area contributed by atoms with Crippen LogP contribution in [0, 0.1) is 0 Å². The molecule has 0 saturated carbocycles. The molecule has 0 spiro atoms. The topological polar surface area (TPSA) is 37.1 Å². The zero-order valence-electron chi connectivity index (χ0n) is 5.63. The van der Waals surface area contributed by atoms with Gasteiger partial charge in [-0.3, -0.25) is 0 Å². The summed E-state index contributed by atoms with van der Waals surface area (Å²) in [6.07, 6.45) is 1.61. The fraction of sp³-hybridized carbons (Fsp3) is 0.333. The third kappa shape index (κ3) is 3.38. The standard InChI is InChI=1S/C6H9N3/c1-4-9-6(8-3)5-7-2/h4H,3H2,1-2H3. The molecule has 0 aliphatic rings. The number of aliphatic imine (C=N–C) groups is 3. The molecule has 0 unspecified atom stereocenters. The van der Waals surface area contributed by atoms with Gasteiger partial charge in [0.15, 0.2) is 0 Å². The fourth-order valence-corrected chi connectivity index (χ4v) is 0.327. The van der Waals surface area contributed by atoms with Crippen LogP contribution in [0.25, 0.3) is 0 Å². The molecule has 0 aromatic carbocycles. The van der Waals surface area contributed by atoms with Gasteiger partial charge >= 0.3 is 0 Å². The highest BCUT2D eigenvalue weighted by Crippen LogP contribution is 1.87. The molecule has 0 saturated heterocycles. The van der Waals surface area contributed by atoms with Gasteiger partial charge in [0, 0.05) is 19.1 Å². The molecule has 0 N–H and O–H groups in total. The molecule has 48 valence electrons. The second kappa shape index (κ2) is 4.94. The predicted octanol–water partition coefficient (Wildman–Crippen LogP) is 0.919. The monoisotopic (exact) mass is 123 g/mol. The molecule has 0 aromatic rings. The third-order valence-electron chi connectivity index (χ3n) is 0.613. The molecular formula is C6H9N3. The Morgan fingerprint density at radius 3 is 2.67 bits per heavy atom. The highest BCUT2D eigenvalue weighted by atomic mass is 14.9. The molecule has 0 rings (SSSR count). The van der Waals surface area contributed by atoms with Crippen LogP contribution in [-0.4, -0.2) is 25.8 Å². The molecule has 0 atom stereocenters. The molecule has 0 fully saturated rings. The Morgan fingerprint density at radius 1 is 1.67 bits per heavy atom. The lowest BCUT2D eigenvalue weighted by atomic mass is 10.7. The number of nitrogens with zero attached hydrogens (tertiary/aromatic N) is 3. The van der Waals surface area contributed by atoms with Crippen molar-refractivity contribution >= 4 is 18.8 Å². The maximum Gasteiger partial charge on any atom is 0.214 e. The lowest BCUT2D eigenvalue weighted by molar-refractivity contribution is 1.29. The molecule has 3 nitrogen and oxygen atoms in total. The van der Waals surface area contributed by atoms with Crippen LogP contribution in [0.15, 0.2) is 20.8 Å². The van der Waals surface area contributed by atoms with Crippen LogP contribution in [0.2, 0.25) is 0 Å². The molecule has 0 aliphatic carbocycles. The van der Waals surface area contributed by atoms with E-state index in [0.29, 0.717) is 5.82 Å². The van der Waals surface area contributed by atoms with Crippen molar-refractivity contribution in [2.45, 2.75) is 6.92 Å². The summed E-state index contributed by atoms with van der Waals surface area (Å²) in [5.74, 6) is 2.96. The van der Waals surface area contributed by atoms with Crippen molar-refractivity contribution in [3.8, 4) is 0 Å². The van der Waals surface area contributed by atoms with Gasteiger partial charge < -0.3 is 0 Å². The van der Waals surface area contributed by atoms with Crippen molar-refractivity contribution in [1.29, 1.82) is 0 Å². The molecule has 3 heteroatoms. The number of rotatable bonds is 2. The van der Waals surface area contributed by atoms with E-state index < -0.39 is 0 Å². The first-order valence-electron chi connectivity index (χ1n) is 2.52. The Morgan fingerprint density at radius 2 is 2.33 bits per heavy atom. The summed E-state index contributed by atoms with van der Waals surface area (Å²) in [6, 6.07) is 0. The predicted molar refractivity (Wildman–Crippen MR) is 40.6 cm³/mol. The second-order valence-electron chi connectivity index (χ2n) is 1.20. The Kier molecular flexibility index (Phi) is 4.27. The number of hydrogen-bond donors (Lipinski definition) is 0. The molecule has 0 aliphatic heterocycles. The maximum absolute atomic E-state index is 3.79. The van der Waals surface area contributed by atoms with E-state index in [1.807, 2.05) is 0 Å². The van der Waals surface area contributed by atoms with Gasteiger partial charge in [-0.1, -0.05) is 0 Å². The van der Waals surface area contributed by atoms with Gasteiger partial charge in [-0.05, 0) is 13.6 Å². The maximum atomic E-state index is 3.79. The third-order valence-corrected chi connectivity index (χ3v) is 0.613. The van der Waals surface area contributed by atoms with E-state index in [1.165, 1.54) is 0 Å². The summed E-state index contributed by atoms with van der Waals surface area (Å²) in [5, 5.41) is 0. The summed E-state index contributed by atoms with van der Waals surface area (Å²) < 4.78 is 0. The van der Waals surface area contributed by atoms with Crippen molar-refractivity contribution in [2.24, 2.45) is 15.0 Å². The van der Waals surface area contributed by atoms with E-state index in [2.05, 4.69) is 27.6 Å². The van der Waals surface area contributed by atoms with E-state index in [9.17, 15) is 0 Å². The van der Waals surface area contributed by atoms with Gasteiger partial charge in [0.25, 0.3) is 0 Å². The SMILES string of the molecule is C=NC(=C=NC)N=CC. The van der Waals surface area contributed by atoms with Gasteiger partial charge in [0.1, 0.15) is 0 Å². The molecule has 9 heavy (non-hydrogen) atoms. The Labute approximate surface area is 54.6 Å². The van der Waals surface area contributed by atoms with E-state index in [0.717, 1.165) is 0 Å². The first-order chi connectivity index (χ1) is 4.35. The van der Waals surface area contributed by atoms with Crippen molar-refractivity contribution in [3.05, 3.63) is 5.82 Å². The largest absolute Gasteiger partial charge is 0.243 e. The minimum Gasteiger partial charge on any atom is -0.243 e. The summed E-state index contributed by atoms with van der Waals surface area (Å²) >= 11 is 0. The normalized spacial score (nSPS) is 8.67. The van der Waals surface area contributed by atoms with Gasteiger partial charge in [0.05, 0.1) is 0 Å². The minimum atomic E-state index is 0.417.